The van der Waals surface area contributed by atoms with Gasteiger partial charge in [0.25, 0.3) is 0 Å². The van der Waals surface area contributed by atoms with Crippen molar-refractivity contribution in [1.29, 1.82) is 0 Å². The minimum Gasteiger partial charge on any atom is -0.320 e. The van der Waals surface area contributed by atoms with Gasteiger partial charge in [0.1, 0.15) is 0 Å². The van der Waals surface area contributed by atoms with Crippen LogP contribution in [0.1, 0.15) is 34.5 Å². The number of nitrogens with zero attached hydrogens (tertiary/aromatic N) is 2. The Balaban J connectivity index is 1.99. The van der Waals surface area contributed by atoms with Crippen LogP contribution in [0.4, 0.5) is 0 Å². The first kappa shape index (κ1) is 13.6. The molecule has 0 aliphatic heterocycles. The summed E-state index contributed by atoms with van der Waals surface area (Å²) in [6.07, 6.45) is 1.74. The molecule has 0 saturated carbocycles. The van der Waals surface area contributed by atoms with E-state index < -0.39 is 0 Å². The van der Waals surface area contributed by atoms with Gasteiger partial charge in [-0.25, -0.2) is 4.98 Å². The van der Waals surface area contributed by atoms with Crippen molar-refractivity contribution in [3.63, 3.8) is 0 Å². The molecule has 106 valence electrons. The summed E-state index contributed by atoms with van der Waals surface area (Å²) >= 11 is 0. The van der Waals surface area contributed by atoms with Crippen LogP contribution in [-0.2, 0) is 0 Å². The van der Waals surface area contributed by atoms with Gasteiger partial charge < -0.3 is 4.57 Å². The lowest BCUT2D eigenvalue weighted by atomic mass is 10.0. The van der Waals surface area contributed by atoms with Crippen molar-refractivity contribution in [2.75, 3.05) is 0 Å². The molecule has 21 heavy (non-hydrogen) atoms. The smallest absolute Gasteiger partial charge is 0.185 e. The van der Waals surface area contributed by atoms with Gasteiger partial charge in [0.15, 0.2) is 5.78 Å². The number of carbonyl (C=O) groups excluding carboxylic acids is 1. The maximum absolute atomic E-state index is 12.7. The molecule has 0 saturated heterocycles. The zero-order valence-electron chi connectivity index (χ0n) is 12.5. The van der Waals surface area contributed by atoms with Crippen LogP contribution in [0, 0.1) is 13.8 Å². The highest BCUT2D eigenvalue weighted by Gasteiger charge is 2.19. The van der Waals surface area contributed by atoms with E-state index in [0.29, 0.717) is 0 Å². The highest BCUT2D eigenvalue weighted by Crippen LogP contribution is 2.21. The highest BCUT2D eigenvalue weighted by atomic mass is 16.1. The second-order valence-electron chi connectivity index (χ2n) is 5.48. The Hall–Kier alpha value is -2.42. The highest BCUT2D eigenvalue weighted by molar-refractivity contribution is 5.99. The molecule has 3 heteroatoms. The fourth-order valence-corrected chi connectivity index (χ4v) is 2.55. The normalized spacial score (nSPS) is 12.5. The second-order valence-corrected chi connectivity index (χ2v) is 5.48. The van der Waals surface area contributed by atoms with Gasteiger partial charge >= 0.3 is 0 Å². The van der Waals surface area contributed by atoms with Crippen molar-refractivity contribution in [2.45, 2.75) is 26.8 Å². The van der Waals surface area contributed by atoms with Gasteiger partial charge in [0.05, 0.1) is 23.4 Å². The first-order valence-corrected chi connectivity index (χ1v) is 7.11. The molecule has 3 aromatic rings. The number of aromatic nitrogens is 2. The van der Waals surface area contributed by atoms with E-state index in [1.165, 1.54) is 5.56 Å². The van der Waals surface area contributed by atoms with E-state index in [-0.39, 0.29) is 11.8 Å². The molecule has 2 aromatic carbocycles. The molecule has 1 atom stereocenters. The van der Waals surface area contributed by atoms with E-state index in [4.69, 9.17) is 0 Å². The third kappa shape index (κ3) is 2.35. The molecule has 1 heterocycles. The van der Waals surface area contributed by atoms with Crippen LogP contribution in [0.25, 0.3) is 11.0 Å². The molecular formula is C18H18N2O. The van der Waals surface area contributed by atoms with Crippen LogP contribution in [0.3, 0.4) is 0 Å². The Labute approximate surface area is 124 Å². The largest absolute Gasteiger partial charge is 0.320 e. The van der Waals surface area contributed by atoms with E-state index in [9.17, 15) is 4.79 Å². The predicted molar refractivity (Wildman–Crippen MR) is 84.7 cm³/mol. The average Bonchev–Trinajstić information content (AvgIpc) is 2.92. The molecule has 0 bridgehead atoms. The minimum atomic E-state index is -0.264. The fraction of sp³-hybridized carbons (Fsp3) is 0.222. The summed E-state index contributed by atoms with van der Waals surface area (Å²) in [6.45, 7) is 6.01. The Bertz CT molecular complexity index is 817. The number of rotatable bonds is 3. The summed E-state index contributed by atoms with van der Waals surface area (Å²) in [6, 6.07) is 13.5. The van der Waals surface area contributed by atoms with Gasteiger partial charge in [-0.15, -0.1) is 0 Å². The zero-order valence-corrected chi connectivity index (χ0v) is 12.5. The average molecular weight is 278 g/mol. The first-order chi connectivity index (χ1) is 10.1. The number of Topliss-reactive ketones (excluding diaryl/α,β-unsaturated/α-hetero) is 1. The predicted octanol–water partition coefficient (Wildman–Crippen LogP) is 4.10. The number of ketones is 1. The Morgan fingerprint density at radius 1 is 1.10 bits per heavy atom. The van der Waals surface area contributed by atoms with E-state index in [1.807, 2.05) is 60.9 Å². The zero-order chi connectivity index (χ0) is 15.0. The van der Waals surface area contributed by atoms with Crippen molar-refractivity contribution >= 4 is 16.8 Å². The fourth-order valence-electron chi connectivity index (χ4n) is 2.55. The van der Waals surface area contributed by atoms with Crippen LogP contribution >= 0.6 is 0 Å². The molecule has 3 nitrogen and oxygen atoms in total. The molecule has 0 aliphatic carbocycles. The van der Waals surface area contributed by atoms with Gasteiger partial charge in [-0.1, -0.05) is 24.3 Å². The lowest BCUT2D eigenvalue weighted by molar-refractivity contribution is 0.0937. The SMILES string of the molecule is Cc1ccc(C(=O)C(C)n2cnc3ccccc32)cc1C. The number of para-hydroxylation sites is 2. The summed E-state index contributed by atoms with van der Waals surface area (Å²) in [4.78, 5) is 17.1. The lowest BCUT2D eigenvalue weighted by Gasteiger charge is -2.14. The van der Waals surface area contributed by atoms with Crippen molar-refractivity contribution in [2.24, 2.45) is 0 Å². The summed E-state index contributed by atoms with van der Waals surface area (Å²) in [5.41, 5.74) is 5.00. The third-order valence-corrected chi connectivity index (χ3v) is 4.07. The number of aryl methyl sites for hydroxylation is 2. The molecule has 0 amide bonds. The monoisotopic (exact) mass is 278 g/mol. The van der Waals surface area contributed by atoms with Crippen molar-refractivity contribution in [3.05, 3.63) is 65.5 Å². The van der Waals surface area contributed by atoms with Gasteiger partial charge in [-0.05, 0) is 50.1 Å². The topological polar surface area (TPSA) is 34.9 Å². The van der Waals surface area contributed by atoms with Crippen LogP contribution < -0.4 is 0 Å². The van der Waals surface area contributed by atoms with Gasteiger partial charge in [-0.3, -0.25) is 4.79 Å². The summed E-state index contributed by atoms with van der Waals surface area (Å²) in [5, 5.41) is 0. The van der Waals surface area contributed by atoms with Gasteiger partial charge in [0, 0.05) is 5.56 Å². The minimum absolute atomic E-state index is 0.112. The Morgan fingerprint density at radius 2 is 1.86 bits per heavy atom. The summed E-state index contributed by atoms with van der Waals surface area (Å²) in [5.74, 6) is 0.112. The molecule has 3 rings (SSSR count). The molecule has 0 N–H and O–H groups in total. The number of hydrogen-bond donors (Lipinski definition) is 0. The number of carbonyl (C=O) groups is 1. The number of fused-ring (bicyclic) bond motifs is 1. The molecule has 0 fully saturated rings. The van der Waals surface area contributed by atoms with Crippen molar-refractivity contribution in [1.82, 2.24) is 9.55 Å². The molecule has 0 aliphatic rings. The molecule has 0 radical (unpaired) electrons. The van der Waals surface area contributed by atoms with E-state index >= 15 is 0 Å². The van der Waals surface area contributed by atoms with E-state index in [1.54, 1.807) is 6.33 Å². The number of benzene rings is 2. The second kappa shape index (κ2) is 5.17. The number of hydrogen-bond acceptors (Lipinski definition) is 2. The molecule has 1 unspecified atom stereocenters. The standard InChI is InChI=1S/C18H18N2O/c1-12-8-9-15(10-13(12)2)18(21)14(3)20-11-19-16-6-4-5-7-17(16)20/h4-11,14H,1-3H3. The van der Waals surface area contributed by atoms with Crippen LogP contribution in [-0.4, -0.2) is 15.3 Å². The quantitative estimate of drug-likeness (QED) is 0.676. The Morgan fingerprint density at radius 3 is 2.62 bits per heavy atom. The summed E-state index contributed by atoms with van der Waals surface area (Å²) in [7, 11) is 0. The van der Waals surface area contributed by atoms with Crippen LogP contribution in [0.15, 0.2) is 48.8 Å². The van der Waals surface area contributed by atoms with Crippen molar-refractivity contribution < 1.29 is 4.79 Å². The number of imidazole rings is 1. The molecule has 0 spiro atoms. The summed E-state index contributed by atoms with van der Waals surface area (Å²) < 4.78 is 1.94. The first-order valence-electron chi connectivity index (χ1n) is 7.11. The molecular weight excluding hydrogens is 260 g/mol. The lowest BCUT2D eigenvalue weighted by Crippen LogP contribution is -2.16. The molecule has 1 aromatic heterocycles. The van der Waals surface area contributed by atoms with Gasteiger partial charge in [-0.2, -0.15) is 0 Å². The maximum atomic E-state index is 12.7. The van der Waals surface area contributed by atoms with Gasteiger partial charge in [0.2, 0.25) is 0 Å². The van der Waals surface area contributed by atoms with E-state index in [2.05, 4.69) is 11.9 Å². The maximum Gasteiger partial charge on any atom is 0.185 e. The Kier molecular flexibility index (Phi) is 3.34. The van der Waals surface area contributed by atoms with Crippen LogP contribution in [0.5, 0.6) is 0 Å². The van der Waals surface area contributed by atoms with Crippen molar-refractivity contribution in [3.8, 4) is 0 Å². The van der Waals surface area contributed by atoms with Crippen LogP contribution in [0.2, 0.25) is 0 Å². The third-order valence-electron chi connectivity index (χ3n) is 4.07. The van der Waals surface area contributed by atoms with E-state index in [0.717, 1.165) is 22.2 Å².